The molecule has 5 heteroatoms. The highest BCUT2D eigenvalue weighted by Crippen LogP contribution is 2.21. The predicted octanol–water partition coefficient (Wildman–Crippen LogP) is 3.99. The highest BCUT2D eigenvalue weighted by atomic mass is 79.9. The van der Waals surface area contributed by atoms with E-state index in [4.69, 9.17) is 5.73 Å². The van der Waals surface area contributed by atoms with Crippen molar-refractivity contribution in [2.75, 3.05) is 0 Å². The number of halogens is 3. The van der Waals surface area contributed by atoms with Crippen LogP contribution in [0.1, 0.15) is 17.3 Å². The van der Waals surface area contributed by atoms with Crippen molar-refractivity contribution in [3.63, 3.8) is 0 Å². The first-order valence-corrected chi connectivity index (χ1v) is 6.95. The molecule has 2 aromatic rings. The lowest BCUT2D eigenvalue weighted by atomic mass is 10.0. The van der Waals surface area contributed by atoms with Crippen LogP contribution in [0.15, 0.2) is 45.5 Å². The van der Waals surface area contributed by atoms with Crippen molar-refractivity contribution in [2.45, 2.75) is 12.5 Å². The van der Waals surface area contributed by atoms with Crippen LogP contribution in [0.25, 0.3) is 0 Å². The molecule has 2 rings (SSSR count). The monoisotopic (exact) mass is 372 g/mol. The van der Waals surface area contributed by atoms with Crippen molar-refractivity contribution in [1.29, 1.82) is 0 Å². The predicted molar refractivity (Wildman–Crippen MR) is 76.7 cm³/mol. The molecule has 94 valence electrons. The molecule has 0 fully saturated rings. The van der Waals surface area contributed by atoms with Gasteiger partial charge in [-0.1, -0.05) is 15.9 Å². The molecule has 0 aliphatic carbocycles. The molecule has 0 aliphatic rings. The molecule has 1 aromatic carbocycles. The lowest BCUT2D eigenvalue weighted by molar-refractivity contribution is 0.616. The summed E-state index contributed by atoms with van der Waals surface area (Å²) in [5, 5.41) is 0. The smallest absolute Gasteiger partial charge is 0.124 e. The van der Waals surface area contributed by atoms with Crippen molar-refractivity contribution in [3.8, 4) is 0 Å². The normalized spacial score (nSPS) is 12.4. The zero-order chi connectivity index (χ0) is 13.1. The van der Waals surface area contributed by atoms with Crippen molar-refractivity contribution in [3.05, 3.63) is 62.5 Å². The van der Waals surface area contributed by atoms with Gasteiger partial charge in [0.25, 0.3) is 0 Å². The number of nitrogens with two attached hydrogens (primary N) is 1. The van der Waals surface area contributed by atoms with Crippen LogP contribution in [0.4, 0.5) is 4.39 Å². The fourth-order valence-electron chi connectivity index (χ4n) is 1.66. The molecule has 18 heavy (non-hydrogen) atoms. The molecule has 0 radical (unpaired) electrons. The van der Waals surface area contributed by atoms with Crippen LogP contribution in [-0.2, 0) is 6.42 Å². The molecule has 1 heterocycles. The molecule has 0 saturated heterocycles. The first-order valence-electron chi connectivity index (χ1n) is 5.36. The van der Waals surface area contributed by atoms with E-state index in [1.807, 2.05) is 18.2 Å². The largest absolute Gasteiger partial charge is 0.324 e. The van der Waals surface area contributed by atoms with Gasteiger partial charge in [-0.05, 0) is 51.8 Å². The second kappa shape index (κ2) is 5.91. The number of hydrogen-bond donors (Lipinski definition) is 1. The van der Waals surface area contributed by atoms with Gasteiger partial charge in [-0.15, -0.1) is 0 Å². The van der Waals surface area contributed by atoms with Gasteiger partial charge in [0.1, 0.15) is 5.82 Å². The molecular formula is C13H11Br2FN2. The van der Waals surface area contributed by atoms with E-state index in [1.54, 1.807) is 6.20 Å². The van der Waals surface area contributed by atoms with Gasteiger partial charge in [0.15, 0.2) is 0 Å². The fourth-order valence-corrected chi connectivity index (χ4v) is 2.38. The summed E-state index contributed by atoms with van der Waals surface area (Å²) in [5.41, 5.74) is 7.70. The minimum absolute atomic E-state index is 0.273. The Morgan fingerprint density at radius 2 is 1.94 bits per heavy atom. The Morgan fingerprint density at radius 1 is 1.17 bits per heavy atom. The van der Waals surface area contributed by atoms with Crippen molar-refractivity contribution in [1.82, 2.24) is 4.98 Å². The maximum Gasteiger partial charge on any atom is 0.124 e. The molecular weight excluding hydrogens is 363 g/mol. The highest BCUT2D eigenvalue weighted by Gasteiger charge is 2.10. The molecule has 0 amide bonds. The van der Waals surface area contributed by atoms with Gasteiger partial charge in [-0.2, -0.15) is 0 Å². The Labute approximate surface area is 122 Å². The minimum atomic E-state index is -0.293. The molecule has 1 unspecified atom stereocenters. The molecule has 1 aromatic heterocycles. The number of rotatable bonds is 3. The van der Waals surface area contributed by atoms with Gasteiger partial charge in [-0.3, -0.25) is 4.98 Å². The highest BCUT2D eigenvalue weighted by molar-refractivity contribution is 9.10. The Morgan fingerprint density at radius 3 is 2.56 bits per heavy atom. The zero-order valence-corrected chi connectivity index (χ0v) is 12.6. The van der Waals surface area contributed by atoms with Gasteiger partial charge in [0.2, 0.25) is 0 Å². The lowest BCUT2D eigenvalue weighted by Crippen LogP contribution is -2.14. The van der Waals surface area contributed by atoms with E-state index in [9.17, 15) is 4.39 Å². The average Bonchev–Trinajstić information content (AvgIpc) is 2.31. The van der Waals surface area contributed by atoms with Crippen LogP contribution < -0.4 is 5.73 Å². The van der Waals surface area contributed by atoms with Gasteiger partial charge >= 0.3 is 0 Å². The van der Waals surface area contributed by atoms with Crippen LogP contribution in [0.2, 0.25) is 0 Å². The van der Waals surface area contributed by atoms with Crippen LogP contribution >= 0.6 is 31.9 Å². The molecule has 2 nitrogen and oxygen atoms in total. The van der Waals surface area contributed by atoms with E-state index >= 15 is 0 Å². The van der Waals surface area contributed by atoms with Gasteiger partial charge in [-0.25, -0.2) is 4.39 Å². The Kier molecular flexibility index (Phi) is 4.48. The first kappa shape index (κ1) is 13.6. The van der Waals surface area contributed by atoms with Crippen molar-refractivity contribution in [2.24, 2.45) is 5.73 Å². The van der Waals surface area contributed by atoms with Crippen LogP contribution in [0.3, 0.4) is 0 Å². The molecule has 0 bridgehead atoms. The molecule has 0 saturated carbocycles. The van der Waals surface area contributed by atoms with Gasteiger partial charge in [0, 0.05) is 33.3 Å². The average molecular weight is 374 g/mol. The van der Waals surface area contributed by atoms with E-state index in [0.717, 1.165) is 15.7 Å². The third-order valence-electron chi connectivity index (χ3n) is 2.53. The summed E-state index contributed by atoms with van der Waals surface area (Å²) in [5.74, 6) is -0.293. The van der Waals surface area contributed by atoms with Gasteiger partial charge < -0.3 is 5.73 Å². The first-order chi connectivity index (χ1) is 8.54. The van der Waals surface area contributed by atoms with Crippen molar-refractivity contribution < 1.29 is 4.39 Å². The Balaban J connectivity index is 2.16. The summed E-state index contributed by atoms with van der Waals surface area (Å²) in [6.45, 7) is 0. The number of aromatic nitrogens is 1. The van der Waals surface area contributed by atoms with E-state index in [0.29, 0.717) is 10.9 Å². The van der Waals surface area contributed by atoms with Crippen molar-refractivity contribution >= 4 is 31.9 Å². The summed E-state index contributed by atoms with van der Waals surface area (Å²) >= 11 is 6.58. The quantitative estimate of drug-likeness (QED) is 0.883. The second-order valence-corrected chi connectivity index (χ2v) is 5.81. The topological polar surface area (TPSA) is 38.9 Å². The summed E-state index contributed by atoms with van der Waals surface area (Å²) < 4.78 is 14.9. The standard InChI is InChI=1S/C13H11Br2FN2/c14-9-1-2-12(18-7-9)6-13(17)8-3-10(15)5-11(16)4-8/h1-5,7,13H,6,17H2. The summed E-state index contributed by atoms with van der Waals surface area (Å²) in [6.07, 6.45) is 2.30. The number of benzene rings is 1. The molecule has 0 spiro atoms. The third kappa shape index (κ3) is 3.60. The van der Waals surface area contributed by atoms with Crippen LogP contribution in [-0.4, -0.2) is 4.98 Å². The number of nitrogens with zero attached hydrogens (tertiary/aromatic N) is 1. The van der Waals surface area contributed by atoms with Gasteiger partial charge in [0.05, 0.1) is 0 Å². The maximum absolute atomic E-state index is 13.3. The molecule has 2 N–H and O–H groups in total. The molecule has 0 aliphatic heterocycles. The van der Waals surface area contributed by atoms with Crippen LogP contribution in [0, 0.1) is 5.82 Å². The molecule has 1 atom stereocenters. The fraction of sp³-hybridized carbons (Fsp3) is 0.154. The third-order valence-corrected chi connectivity index (χ3v) is 3.46. The van der Waals surface area contributed by atoms with E-state index in [1.165, 1.54) is 12.1 Å². The lowest BCUT2D eigenvalue weighted by Gasteiger charge is -2.12. The van der Waals surface area contributed by atoms with E-state index < -0.39 is 0 Å². The number of pyridine rings is 1. The number of hydrogen-bond acceptors (Lipinski definition) is 2. The van der Waals surface area contributed by atoms with E-state index in [2.05, 4.69) is 36.8 Å². The second-order valence-electron chi connectivity index (χ2n) is 3.98. The Hall–Kier alpha value is -0.780. The zero-order valence-electron chi connectivity index (χ0n) is 9.41. The van der Waals surface area contributed by atoms with Crippen LogP contribution in [0.5, 0.6) is 0 Å². The summed E-state index contributed by atoms with van der Waals surface area (Å²) in [6, 6.07) is 8.23. The maximum atomic E-state index is 13.3. The summed E-state index contributed by atoms with van der Waals surface area (Å²) in [7, 11) is 0. The SMILES string of the molecule is NC(Cc1ccc(Br)cn1)c1cc(F)cc(Br)c1. The van der Waals surface area contributed by atoms with E-state index in [-0.39, 0.29) is 11.9 Å². The minimum Gasteiger partial charge on any atom is -0.324 e. The summed E-state index contributed by atoms with van der Waals surface area (Å²) in [4.78, 5) is 4.26. The Bertz CT molecular complexity index is 523.